The van der Waals surface area contributed by atoms with Crippen molar-refractivity contribution in [1.82, 2.24) is 15.1 Å². The maximum absolute atomic E-state index is 11.0. The summed E-state index contributed by atoms with van der Waals surface area (Å²) >= 11 is 0. The summed E-state index contributed by atoms with van der Waals surface area (Å²) in [4.78, 5) is 15.9. The van der Waals surface area contributed by atoms with Crippen LogP contribution in [0.1, 0.15) is 26.7 Å². The number of nitrogens with zero attached hydrogens (tertiary/aromatic N) is 2. The highest BCUT2D eigenvalue weighted by Gasteiger charge is 2.20. The Morgan fingerprint density at radius 2 is 1.72 bits per heavy atom. The molecule has 0 aromatic heterocycles. The molecule has 1 heterocycles. The molecule has 2 N–H and O–H groups in total. The van der Waals surface area contributed by atoms with Crippen LogP contribution in [0.25, 0.3) is 0 Å². The van der Waals surface area contributed by atoms with Gasteiger partial charge in [-0.05, 0) is 25.9 Å². The van der Waals surface area contributed by atoms with E-state index in [4.69, 9.17) is 5.11 Å². The van der Waals surface area contributed by atoms with Gasteiger partial charge in [-0.2, -0.15) is 0 Å². The molecule has 18 heavy (non-hydrogen) atoms. The van der Waals surface area contributed by atoms with Gasteiger partial charge >= 0.3 is 5.97 Å². The van der Waals surface area contributed by atoms with Gasteiger partial charge in [-0.25, -0.2) is 0 Å². The molecule has 1 aliphatic heterocycles. The fourth-order valence-electron chi connectivity index (χ4n) is 2.42. The average molecular weight is 257 g/mol. The first-order chi connectivity index (χ1) is 8.67. The van der Waals surface area contributed by atoms with Gasteiger partial charge in [0.05, 0.1) is 0 Å². The van der Waals surface area contributed by atoms with Gasteiger partial charge in [0.25, 0.3) is 0 Å². The van der Waals surface area contributed by atoms with Crippen LogP contribution in [0.4, 0.5) is 0 Å². The van der Waals surface area contributed by atoms with Crippen LogP contribution in [0.5, 0.6) is 0 Å². The van der Waals surface area contributed by atoms with Crippen LogP contribution in [-0.4, -0.2) is 72.7 Å². The van der Waals surface area contributed by atoms with Crippen molar-refractivity contribution in [3.05, 3.63) is 0 Å². The maximum Gasteiger partial charge on any atom is 0.320 e. The van der Waals surface area contributed by atoms with Gasteiger partial charge in [-0.15, -0.1) is 0 Å². The molecule has 0 aliphatic carbocycles. The number of likely N-dealkylation sites (N-methyl/N-ethyl adjacent to an activating group) is 1. The lowest BCUT2D eigenvalue weighted by Gasteiger charge is -2.34. The second kappa shape index (κ2) is 8.45. The number of carbonyl (C=O) groups is 1. The van der Waals surface area contributed by atoms with Gasteiger partial charge in [-0.1, -0.05) is 13.8 Å². The topological polar surface area (TPSA) is 55.8 Å². The van der Waals surface area contributed by atoms with Crippen molar-refractivity contribution < 1.29 is 9.90 Å². The number of carboxylic acids is 1. The molecule has 0 radical (unpaired) electrons. The molecule has 0 spiro atoms. The van der Waals surface area contributed by atoms with Crippen LogP contribution in [0.2, 0.25) is 0 Å². The van der Waals surface area contributed by atoms with Crippen molar-refractivity contribution in [1.29, 1.82) is 0 Å². The first kappa shape index (κ1) is 15.4. The van der Waals surface area contributed by atoms with Crippen LogP contribution in [0.3, 0.4) is 0 Å². The second-order valence-corrected chi connectivity index (χ2v) is 4.92. The second-order valence-electron chi connectivity index (χ2n) is 4.92. The zero-order chi connectivity index (χ0) is 13.4. The number of rotatable bonds is 8. The highest BCUT2D eigenvalue weighted by atomic mass is 16.4. The summed E-state index contributed by atoms with van der Waals surface area (Å²) in [6, 6.07) is -0.399. The van der Waals surface area contributed by atoms with Gasteiger partial charge in [0, 0.05) is 32.7 Å². The van der Waals surface area contributed by atoms with E-state index in [1.165, 1.54) is 13.0 Å². The van der Waals surface area contributed by atoms with E-state index in [1.807, 2.05) is 6.92 Å². The minimum absolute atomic E-state index is 0.399. The molecule has 1 rings (SSSR count). The number of hydrogen-bond acceptors (Lipinski definition) is 4. The molecule has 0 aromatic rings. The number of aliphatic carboxylic acids is 1. The Morgan fingerprint density at radius 3 is 2.17 bits per heavy atom. The lowest BCUT2D eigenvalue weighted by Crippen LogP contribution is -2.48. The molecule has 1 aliphatic rings. The largest absolute Gasteiger partial charge is 0.480 e. The normalized spacial score (nSPS) is 19.9. The molecule has 1 fully saturated rings. The molecular formula is C13H27N3O2. The summed E-state index contributed by atoms with van der Waals surface area (Å²) in [6.45, 7) is 11.3. The van der Waals surface area contributed by atoms with Crippen LogP contribution in [-0.2, 0) is 4.79 Å². The van der Waals surface area contributed by atoms with Crippen LogP contribution >= 0.6 is 0 Å². The summed E-state index contributed by atoms with van der Waals surface area (Å²) in [7, 11) is 0. The molecule has 1 saturated heterocycles. The standard InChI is InChI=1S/C13H27N3O2/c1-3-6-15-8-10-16(11-9-15)7-5-12(13(17)18)14-4-2/h12,14H,3-11H2,1-2H3,(H,17,18). The molecule has 0 aromatic carbocycles. The third-order valence-electron chi connectivity index (χ3n) is 3.49. The molecule has 5 nitrogen and oxygen atoms in total. The third kappa shape index (κ3) is 5.33. The summed E-state index contributed by atoms with van der Waals surface area (Å²) < 4.78 is 0. The van der Waals surface area contributed by atoms with Crippen molar-refractivity contribution in [3.63, 3.8) is 0 Å². The van der Waals surface area contributed by atoms with Gasteiger partial charge in [0.1, 0.15) is 6.04 Å². The first-order valence-electron chi connectivity index (χ1n) is 7.08. The Kier molecular flexibility index (Phi) is 7.23. The summed E-state index contributed by atoms with van der Waals surface area (Å²) in [6.07, 6.45) is 1.90. The maximum atomic E-state index is 11.0. The van der Waals surface area contributed by atoms with Gasteiger partial charge < -0.3 is 20.2 Å². The Balaban J connectivity index is 2.21. The van der Waals surface area contributed by atoms with E-state index < -0.39 is 12.0 Å². The molecule has 106 valence electrons. The van der Waals surface area contributed by atoms with Crippen molar-refractivity contribution >= 4 is 5.97 Å². The number of carboxylic acid groups (broad SMARTS) is 1. The smallest absolute Gasteiger partial charge is 0.320 e. The molecule has 0 saturated carbocycles. The molecule has 1 unspecified atom stereocenters. The van der Waals surface area contributed by atoms with Gasteiger partial charge in [-0.3, -0.25) is 4.79 Å². The van der Waals surface area contributed by atoms with Crippen LogP contribution < -0.4 is 5.32 Å². The van der Waals surface area contributed by atoms with Crippen molar-refractivity contribution in [2.75, 3.05) is 45.8 Å². The Bertz CT molecular complexity index is 240. The van der Waals surface area contributed by atoms with Crippen molar-refractivity contribution in [2.24, 2.45) is 0 Å². The Morgan fingerprint density at radius 1 is 1.17 bits per heavy atom. The summed E-state index contributed by atoms with van der Waals surface area (Å²) in [5.74, 6) is -0.735. The fraction of sp³-hybridized carbons (Fsp3) is 0.923. The number of nitrogens with one attached hydrogen (secondary N) is 1. The SMILES string of the molecule is CCCN1CCN(CCC(NCC)C(=O)O)CC1. The van der Waals surface area contributed by atoms with Crippen molar-refractivity contribution in [3.8, 4) is 0 Å². The van der Waals surface area contributed by atoms with E-state index in [2.05, 4.69) is 22.0 Å². The minimum Gasteiger partial charge on any atom is -0.480 e. The van der Waals surface area contributed by atoms with E-state index in [9.17, 15) is 4.79 Å². The number of piperazine rings is 1. The highest BCUT2D eigenvalue weighted by Crippen LogP contribution is 2.04. The first-order valence-corrected chi connectivity index (χ1v) is 7.08. The Labute approximate surface area is 110 Å². The summed E-state index contributed by atoms with van der Waals surface area (Å²) in [5, 5.41) is 12.1. The molecular weight excluding hydrogens is 230 g/mol. The lowest BCUT2D eigenvalue weighted by atomic mass is 10.2. The van der Waals surface area contributed by atoms with Crippen molar-refractivity contribution in [2.45, 2.75) is 32.7 Å². The Hall–Kier alpha value is -0.650. The molecule has 5 heteroatoms. The zero-order valence-corrected chi connectivity index (χ0v) is 11.7. The predicted octanol–water partition coefficient (Wildman–Crippen LogP) is 0.467. The molecule has 0 bridgehead atoms. The minimum atomic E-state index is -0.735. The predicted molar refractivity (Wildman–Crippen MR) is 72.9 cm³/mol. The monoisotopic (exact) mass is 257 g/mol. The molecule has 1 atom stereocenters. The average Bonchev–Trinajstić information content (AvgIpc) is 2.36. The van der Waals surface area contributed by atoms with E-state index in [0.717, 1.165) is 32.7 Å². The van der Waals surface area contributed by atoms with E-state index >= 15 is 0 Å². The zero-order valence-electron chi connectivity index (χ0n) is 11.7. The van der Waals surface area contributed by atoms with Gasteiger partial charge in [0.15, 0.2) is 0 Å². The lowest BCUT2D eigenvalue weighted by molar-refractivity contribution is -0.139. The summed E-state index contributed by atoms with van der Waals surface area (Å²) in [5.41, 5.74) is 0. The van der Waals surface area contributed by atoms with E-state index in [0.29, 0.717) is 13.0 Å². The van der Waals surface area contributed by atoms with E-state index in [-0.39, 0.29) is 0 Å². The van der Waals surface area contributed by atoms with E-state index in [1.54, 1.807) is 0 Å². The third-order valence-corrected chi connectivity index (χ3v) is 3.49. The molecule has 0 amide bonds. The van der Waals surface area contributed by atoms with Gasteiger partial charge in [0.2, 0.25) is 0 Å². The van der Waals surface area contributed by atoms with Crippen LogP contribution in [0, 0.1) is 0 Å². The van der Waals surface area contributed by atoms with Crippen LogP contribution in [0.15, 0.2) is 0 Å². The fourth-order valence-corrected chi connectivity index (χ4v) is 2.42. The number of hydrogen-bond donors (Lipinski definition) is 2. The quantitative estimate of drug-likeness (QED) is 0.662. The highest BCUT2D eigenvalue weighted by molar-refractivity contribution is 5.73.